The van der Waals surface area contributed by atoms with E-state index in [2.05, 4.69) is 37.0 Å². The molecule has 0 N–H and O–H groups in total. The van der Waals surface area contributed by atoms with Gasteiger partial charge in [0, 0.05) is 26.3 Å². The molecule has 0 atom stereocenters. The number of aromatic nitrogens is 4. The van der Waals surface area contributed by atoms with Gasteiger partial charge in [-0.05, 0) is 24.3 Å². The highest BCUT2D eigenvalue weighted by Gasteiger charge is 2.20. The zero-order valence-corrected chi connectivity index (χ0v) is 18.5. The van der Waals surface area contributed by atoms with Crippen LogP contribution in [0, 0.1) is 0 Å². The fraction of sp³-hybridized carbons (Fsp3) is 0.0526. The largest absolute Gasteiger partial charge is 0.250 e. The summed E-state index contributed by atoms with van der Waals surface area (Å²) in [6.07, 6.45) is 3.35. The van der Waals surface area contributed by atoms with E-state index in [0.717, 1.165) is 25.8 Å². The topological polar surface area (TPSA) is 35.6 Å². The molecule has 0 fully saturated rings. The van der Waals surface area contributed by atoms with Crippen molar-refractivity contribution in [3.63, 3.8) is 0 Å². The maximum Gasteiger partial charge on any atom is 0.133 e. The fourth-order valence-electron chi connectivity index (χ4n) is 2.83. The third-order valence-corrected chi connectivity index (χ3v) is 5.51. The van der Waals surface area contributed by atoms with E-state index < -0.39 is 0 Å². The van der Waals surface area contributed by atoms with E-state index in [0.29, 0.717) is 22.4 Å². The minimum Gasteiger partial charge on any atom is -0.250 e. The van der Waals surface area contributed by atoms with Crippen LogP contribution in [-0.4, -0.2) is 19.6 Å². The Balaban J connectivity index is 1.88. The molecule has 0 unspecified atom stereocenters. The minimum absolute atomic E-state index is 0.391. The van der Waals surface area contributed by atoms with Crippen molar-refractivity contribution in [1.29, 1.82) is 0 Å². The van der Waals surface area contributed by atoms with Crippen LogP contribution < -0.4 is 0 Å². The van der Waals surface area contributed by atoms with Gasteiger partial charge in [-0.2, -0.15) is 10.2 Å². The van der Waals surface area contributed by atoms with Gasteiger partial charge in [-0.15, -0.1) is 0 Å². The van der Waals surface area contributed by atoms with Crippen LogP contribution in [0.4, 0.5) is 0 Å². The van der Waals surface area contributed by atoms with Crippen LogP contribution >= 0.6 is 55.1 Å². The van der Waals surface area contributed by atoms with Gasteiger partial charge in [0.25, 0.3) is 0 Å². The highest BCUT2D eigenvalue weighted by atomic mass is 79.9. The molecule has 0 bridgehead atoms. The lowest BCUT2D eigenvalue weighted by molar-refractivity contribution is 0.508. The van der Waals surface area contributed by atoms with Gasteiger partial charge in [0.2, 0.25) is 0 Å². The summed E-state index contributed by atoms with van der Waals surface area (Å²) < 4.78 is 5.49. The summed E-state index contributed by atoms with van der Waals surface area (Å²) in [5.41, 5.74) is 3.43. The van der Waals surface area contributed by atoms with E-state index >= 15 is 0 Å². The molecule has 27 heavy (non-hydrogen) atoms. The first-order valence-corrected chi connectivity index (χ1v) is 10.3. The summed E-state index contributed by atoms with van der Waals surface area (Å²) in [6.45, 7) is 0.391. The van der Waals surface area contributed by atoms with Crippen LogP contribution in [0.15, 0.2) is 69.9 Å². The molecule has 2 heterocycles. The van der Waals surface area contributed by atoms with Gasteiger partial charge in [-0.1, -0.05) is 79.3 Å². The Morgan fingerprint density at radius 1 is 0.926 bits per heavy atom. The zero-order chi connectivity index (χ0) is 19.0. The van der Waals surface area contributed by atoms with Crippen LogP contribution in [0.5, 0.6) is 0 Å². The summed E-state index contributed by atoms with van der Waals surface area (Å²) in [6, 6.07) is 15.9. The average Bonchev–Trinajstić information content (AvgIpc) is 3.18. The number of rotatable bonds is 4. The van der Waals surface area contributed by atoms with Crippen LogP contribution in [-0.2, 0) is 6.67 Å². The third kappa shape index (κ3) is 3.99. The van der Waals surface area contributed by atoms with E-state index in [4.69, 9.17) is 28.3 Å². The monoisotopic (exact) mass is 524 g/mol. The third-order valence-electron chi connectivity index (χ3n) is 3.97. The van der Waals surface area contributed by atoms with Crippen molar-refractivity contribution in [2.24, 2.45) is 0 Å². The van der Waals surface area contributed by atoms with Gasteiger partial charge in [0.05, 0.1) is 21.9 Å². The number of nitrogens with zero attached hydrogens (tertiary/aromatic N) is 4. The van der Waals surface area contributed by atoms with Gasteiger partial charge in [0.1, 0.15) is 12.4 Å². The molecule has 0 spiro atoms. The van der Waals surface area contributed by atoms with Crippen molar-refractivity contribution < 1.29 is 0 Å². The van der Waals surface area contributed by atoms with Crippen LogP contribution in [0.2, 0.25) is 10.0 Å². The van der Waals surface area contributed by atoms with Gasteiger partial charge in [-0.25, -0.2) is 9.36 Å². The quantitative estimate of drug-likeness (QED) is 0.295. The second kappa shape index (κ2) is 7.80. The average molecular weight is 527 g/mol. The van der Waals surface area contributed by atoms with Gasteiger partial charge in [0.15, 0.2) is 0 Å². The highest BCUT2D eigenvalue weighted by molar-refractivity contribution is 9.10. The van der Waals surface area contributed by atoms with Gasteiger partial charge in [-0.3, -0.25) is 0 Å². The molecule has 2 aromatic heterocycles. The second-order valence-corrected chi connectivity index (χ2v) is 8.52. The molecule has 4 aromatic rings. The van der Waals surface area contributed by atoms with Gasteiger partial charge < -0.3 is 0 Å². The molecule has 0 aliphatic rings. The van der Waals surface area contributed by atoms with Crippen molar-refractivity contribution in [3.8, 4) is 22.5 Å². The number of hydrogen-bond donors (Lipinski definition) is 0. The van der Waals surface area contributed by atoms with Crippen LogP contribution in [0.1, 0.15) is 0 Å². The Labute approximate surface area is 183 Å². The molecule has 4 nitrogen and oxygen atoms in total. The first kappa shape index (κ1) is 18.7. The lowest BCUT2D eigenvalue weighted by Gasteiger charge is -2.08. The molecule has 8 heteroatoms. The van der Waals surface area contributed by atoms with E-state index in [-0.39, 0.29) is 0 Å². The van der Waals surface area contributed by atoms with E-state index in [1.807, 2.05) is 53.2 Å². The number of benzene rings is 2. The first-order chi connectivity index (χ1) is 13.0. The molecular formula is C19H12Br2Cl2N4. The molecule has 136 valence electrons. The molecule has 0 aliphatic carbocycles. The molecule has 2 aromatic carbocycles. The molecule has 0 aliphatic heterocycles. The van der Waals surface area contributed by atoms with Crippen molar-refractivity contribution in [2.45, 2.75) is 6.67 Å². The SMILES string of the molecule is Clc1cnn(Cn2nc(-c3cccc(Br)c3)c(Cl)c2-c2cccc(Br)c2)c1. The second-order valence-electron chi connectivity index (χ2n) is 5.87. The molecule has 4 rings (SSSR count). The van der Waals surface area contributed by atoms with E-state index in [9.17, 15) is 0 Å². The first-order valence-electron chi connectivity index (χ1n) is 7.97. The zero-order valence-electron chi connectivity index (χ0n) is 13.8. The lowest BCUT2D eigenvalue weighted by Crippen LogP contribution is -2.11. The molecular weight excluding hydrogens is 515 g/mol. The van der Waals surface area contributed by atoms with Crippen molar-refractivity contribution in [2.75, 3.05) is 0 Å². The fourth-order valence-corrected chi connectivity index (χ4v) is 4.14. The maximum absolute atomic E-state index is 6.80. The summed E-state index contributed by atoms with van der Waals surface area (Å²) in [5.74, 6) is 0. The highest BCUT2D eigenvalue weighted by Crippen LogP contribution is 2.37. The molecule has 0 saturated heterocycles. The Kier molecular flexibility index (Phi) is 5.41. The van der Waals surface area contributed by atoms with E-state index in [1.54, 1.807) is 17.1 Å². The van der Waals surface area contributed by atoms with Crippen LogP contribution in [0.25, 0.3) is 22.5 Å². The minimum atomic E-state index is 0.391. The maximum atomic E-state index is 6.80. The molecule has 0 amide bonds. The Hall–Kier alpha value is -1.60. The Morgan fingerprint density at radius 3 is 2.22 bits per heavy atom. The summed E-state index contributed by atoms with van der Waals surface area (Å²) in [7, 11) is 0. The number of hydrogen-bond acceptors (Lipinski definition) is 2. The van der Waals surface area contributed by atoms with Gasteiger partial charge >= 0.3 is 0 Å². The molecule has 0 saturated carbocycles. The smallest absolute Gasteiger partial charge is 0.133 e. The Morgan fingerprint density at radius 2 is 1.59 bits per heavy atom. The predicted octanol–water partition coefficient (Wildman–Crippen LogP) is 6.75. The van der Waals surface area contributed by atoms with Crippen LogP contribution in [0.3, 0.4) is 0 Å². The van der Waals surface area contributed by atoms with Crippen molar-refractivity contribution in [3.05, 3.63) is 79.9 Å². The number of halogens is 4. The van der Waals surface area contributed by atoms with Crippen molar-refractivity contribution >= 4 is 55.1 Å². The predicted molar refractivity (Wildman–Crippen MR) is 116 cm³/mol. The van der Waals surface area contributed by atoms with E-state index in [1.165, 1.54) is 0 Å². The summed E-state index contributed by atoms with van der Waals surface area (Å²) in [4.78, 5) is 0. The summed E-state index contributed by atoms with van der Waals surface area (Å²) in [5, 5.41) is 10.2. The molecule has 0 radical (unpaired) electrons. The normalized spacial score (nSPS) is 11.1. The Bertz CT molecular complexity index is 1120. The van der Waals surface area contributed by atoms with Crippen molar-refractivity contribution in [1.82, 2.24) is 19.6 Å². The summed E-state index contributed by atoms with van der Waals surface area (Å²) >= 11 is 19.8. The standard InChI is InChI=1S/C19H12Br2Cl2N4/c20-14-5-1-3-12(7-14)18-17(23)19(13-4-2-6-15(21)8-13)27(25-18)11-26-10-16(22)9-24-26/h1-10H,11H2. The lowest BCUT2D eigenvalue weighted by atomic mass is 10.1.